The normalized spacial score (nSPS) is 11.0. The molecule has 0 aliphatic carbocycles. The Morgan fingerprint density at radius 3 is 1.86 bits per heavy atom. The van der Waals surface area contributed by atoms with Crippen LogP contribution < -0.4 is 0 Å². The van der Waals surface area contributed by atoms with Gasteiger partial charge in [0, 0.05) is 0 Å². The van der Waals surface area contributed by atoms with Crippen molar-refractivity contribution in [2.75, 3.05) is 0 Å². The number of rotatable bonds is 13. The van der Waals surface area contributed by atoms with Crippen LogP contribution in [-0.4, -0.2) is 5.11 Å². The van der Waals surface area contributed by atoms with Crippen LogP contribution in [0.5, 0.6) is 5.75 Å². The van der Waals surface area contributed by atoms with Crippen molar-refractivity contribution in [3.63, 3.8) is 0 Å². The molecule has 0 heterocycles. The molecule has 0 spiro atoms. The van der Waals surface area contributed by atoms with Crippen LogP contribution >= 0.6 is 0 Å². The number of benzene rings is 1. The number of unbranched alkanes of at least 4 members (excludes halogenated alkanes) is 9. The fraction of sp³-hybridized carbons (Fsp3) is 0.714. The molecular weight excluding hydrogens is 268 g/mol. The SMILES string of the molecule is CCCCCCCCCCCCc1cc(CCC)ccc1O. The minimum Gasteiger partial charge on any atom is -0.508 e. The van der Waals surface area contributed by atoms with Crippen molar-refractivity contribution < 1.29 is 5.11 Å². The molecule has 0 aliphatic rings. The van der Waals surface area contributed by atoms with E-state index in [0.717, 1.165) is 18.4 Å². The summed E-state index contributed by atoms with van der Waals surface area (Å²) in [5.41, 5.74) is 2.51. The van der Waals surface area contributed by atoms with E-state index in [0.29, 0.717) is 5.75 Å². The first-order valence-corrected chi connectivity index (χ1v) is 9.58. The van der Waals surface area contributed by atoms with E-state index in [9.17, 15) is 5.11 Å². The topological polar surface area (TPSA) is 20.2 Å². The van der Waals surface area contributed by atoms with Gasteiger partial charge in [-0.05, 0) is 36.5 Å². The molecule has 22 heavy (non-hydrogen) atoms. The molecule has 1 aromatic carbocycles. The molecular formula is C21H36O. The molecule has 1 heteroatoms. The highest BCUT2D eigenvalue weighted by Gasteiger charge is 2.03. The number of phenolic OH excluding ortho intramolecular Hbond substituents is 1. The molecule has 0 saturated carbocycles. The van der Waals surface area contributed by atoms with Crippen molar-refractivity contribution >= 4 is 0 Å². The third-order valence-electron chi connectivity index (χ3n) is 4.48. The van der Waals surface area contributed by atoms with Gasteiger partial charge in [-0.2, -0.15) is 0 Å². The Morgan fingerprint density at radius 1 is 0.682 bits per heavy atom. The quantitative estimate of drug-likeness (QED) is 0.397. The van der Waals surface area contributed by atoms with Crippen molar-refractivity contribution in [3.05, 3.63) is 29.3 Å². The Balaban J connectivity index is 2.08. The van der Waals surface area contributed by atoms with Gasteiger partial charge < -0.3 is 5.11 Å². The molecule has 1 rings (SSSR count). The van der Waals surface area contributed by atoms with E-state index in [4.69, 9.17) is 0 Å². The minimum absolute atomic E-state index is 0.482. The molecule has 126 valence electrons. The average Bonchev–Trinajstić information content (AvgIpc) is 2.52. The lowest BCUT2D eigenvalue weighted by molar-refractivity contribution is 0.465. The van der Waals surface area contributed by atoms with Gasteiger partial charge in [0.25, 0.3) is 0 Å². The Bertz CT molecular complexity index is 383. The Hall–Kier alpha value is -0.980. The average molecular weight is 305 g/mol. The molecule has 1 nitrogen and oxygen atoms in total. The molecule has 0 fully saturated rings. The summed E-state index contributed by atoms with van der Waals surface area (Å²) in [6.07, 6.45) is 17.0. The zero-order valence-electron chi connectivity index (χ0n) is 14.9. The first kappa shape index (κ1) is 19.1. The van der Waals surface area contributed by atoms with Crippen molar-refractivity contribution in [2.24, 2.45) is 0 Å². The lowest BCUT2D eigenvalue weighted by atomic mass is 10.0. The highest BCUT2D eigenvalue weighted by molar-refractivity contribution is 5.36. The predicted octanol–water partition coefficient (Wildman–Crippen LogP) is 6.81. The fourth-order valence-electron chi connectivity index (χ4n) is 3.09. The Labute approximate surface area is 138 Å². The molecule has 1 aromatic rings. The molecule has 0 bridgehead atoms. The van der Waals surface area contributed by atoms with Gasteiger partial charge in [-0.25, -0.2) is 0 Å². The number of aryl methyl sites for hydroxylation is 2. The van der Waals surface area contributed by atoms with E-state index in [2.05, 4.69) is 26.0 Å². The van der Waals surface area contributed by atoms with Gasteiger partial charge in [0.05, 0.1) is 0 Å². The van der Waals surface area contributed by atoms with Crippen LogP contribution in [-0.2, 0) is 12.8 Å². The van der Waals surface area contributed by atoms with Crippen LogP contribution in [0.2, 0.25) is 0 Å². The van der Waals surface area contributed by atoms with Crippen LogP contribution in [0, 0.1) is 0 Å². The second kappa shape index (κ2) is 12.6. The van der Waals surface area contributed by atoms with Crippen LogP contribution in [0.25, 0.3) is 0 Å². The van der Waals surface area contributed by atoms with Gasteiger partial charge in [-0.1, -0.05) is 90.2 Å². The molecule has 1 N–H and O–H groups in total. The van der Waals surface area contributed by atoms with Gasteiger partial charge in [0.15, 0.2) is 0 Å². The largest absolute Gasteiger partial charge is 0.508 e. The van der Waals surface area contributed by atoms with E-state index in [1.165, 1.54) is 76.2 Å². The van der Waals surface area contributed by atoms with E-state index in [1.54, 1.807) is 0 Å². The number of phenols is 1. The maximum absolute atomic E-state index is 9.95. The maximum Gasteiger partial charge on any atom is 0.118 e. The summed E-state index contributed by atoms with van der Waals surface area (Å²) in [7, 11) is 0. The molecule has 0 radical (unpaired) electrons. The molecule has 0 saturated heterocycles. The van der Waals surface area contributed by atoms with E-state index >= 15 is 0 Å². The zero-order chi connectivity index (χ0) is 16.0. The van der Waals surface area contributed by atoms with Crippen molar-refractivity contribution in [2.45, 2.75) is 97.3 Å². The predicted molar refractivity (Wildman–Crippen MR) is 97.6 cm³/mol. The summed E-state index contributed by atoms with van der Waals surface area (Å²) in [5, 5.41) is 9.95. The van der Waals surface area contributed by atoms with Crippen molar-refractivity contribution in [1.82, 2.24) is 0 Å². The standard InChI is InChI=1S/C21H36O/c1-3-5-6-7-8-9-10-11-12-13-15-20-18-19(14-4-2)16-17-21(20)22/h16-18,22H,3-15H2,1-2H3. The van der Waals surface area contributed by atoms with Gasteiger partial charge in [0.2, 0.25) is 0 Å². The molecule has 0 aromatic heterocycles. The maximum atomic E-state index is 9.95. The first-order chi connectivity index (χ1) is 10.8. The lowest BCUT2D eigenvalue weighted by Crippen LogP contribution is -1.91. The summed E-state index contributed by atoms with van der Waals surface area (Å²) in [4.78, 5) is 0. The number of hydrogen-bond acceptors (Lipinski definition) is 1. The monoisotopic (exact) mass is 304 g/mol. The second-order valence-electron chi connectivity index (χ2n) is 6.65. The molecule has 0 unspecified atom stereocenters. The van der Waals surface area contributed by atoms with Gasteiger partial charge in [-0.15, -0.1) is 0 Å². The Morgan fingerprint density at radius 2 is 1.27 bits per heavy atom. The third-order valence-corrected chi connectivity index (χ3v) is 4.48. The molecule has 0 atom stereocenters. The minimum atomic E-state index is 0.482. The van der Waals surface area contributed by atoms with Crippen molar-refractivity contribution in [3.8, 4) is 5.75 Å². The number of hydrogen-bond donors (Lipinski definition) is 1. The highest BCUT2D eigenvalue weighted by atomic mass is 16.3. The number of aromatic hydroxyl groups is 1. The smallest absolute Gasteiger partial charge is 0.118 e. The third kappa shape index (κ3) is 8.46. The highest BCUT2D eigenvalue weighted by Crippen LogP contribution is 2.22. The van der Waals surface area contributed by atoms with E-state index < -0.39 is 0 Å². The van der Waals surface area contributed by atoms with E-state index in [-0.39, 0.29) is 0 Å². The summed E-state index contributed by atoms with van der Waals surface area (Å²) < 4.78 is 0. The van der Waals surface area contributed by atoms with Crippen LogP contribution in [0.4, 0.5) is 0 Å². The molecule has 0 amide bonds. The zero-order valence-corrected chi connectivity index (χ0v) is 14.9. The second-order valence-corrected chi connectivity index (χ2v) is 6.65. The first-order valence-electron chi connectivity index (χ1n) is 9.58. The Kier molecular flexibility index (Phi) is 10.9. The van der Waals surface area contributed by atoms with Crippen LogP contribution in [0.15, 0.2) is 18.2 Å². The van der Waals surface area contributed by atoms with E-state index in [1.807, 2.05) is 6.07 Å². The van der Waals surface area contributed by atoms with Gasteiger partial charge >= 0.3 is 0 Å². The molecule has 0 aliphatic heterocycles. The van der Waals surface area contributed by atoms with Gasteiger partial charge in [0.1, 0.15) is 5.75 Å². The van der Waals surface area contributed by atoms with Gasteiger partial charge in [-0.3, -0.25) is 0 Å². The fourth-order valence-corrected chi connectivity index (χ4v) is 3.09. The van der Waals surface area contributed by atoms with Crippen LogP contribution in [0.3, 0.4) is 0 Å². The lowest BCUT2D eigenvalue weighted by Gasteiger charge is -2.07. The summed E-state index contributed by atoms with van der Waals surface area (Å²) in [6.45, 7) is 4.48. The van der Waals surface area contributed by atoms with Crippen molar-refractivity contribution in [1.29, 1.82) is 0 Å². The summed E-state index contributed by atoms with van der Waals surface area (Å²) in [6, 6.07) is 6.13. The summed E-state index contributed by atoms with van der Waals surface area (Å²) in [5.74, 6) is 0.482. The van der Waals surface area contributed by atoms with Crippen LogP contribution in [0.1, 0.15) is 95.6 Å². The summed E-state index contributed by atoms with van der Waals surface area (Å²) >= 11 is 0.